The normalized spacial score (nSPS) is 10.2. The summed E-state index contributed by atoms with van der Waals surface area (Å²) in [5.41, 5.74) is -1.73. The first kappa shape index (κ1) is 11.8. The first-order chi connectivity index (χ1) is 7.65. The van der Waals surface area contributed by atoms with Gasteiger partial charge in [0.05, 0.1) is 13.6 Å². The summed E-state index contributed by atoms with van der Waals surface area (Å²) < 4.78 is 3.42. The molecule has 0 aromatic carbocycles. The molecule has 0 radical (unpaired) electrons. The molecular formula is C11H12N5+. The molecule has 0 fully saturated rings. The molecule has 0 spiro atoms. The molecule has 1 aromatic heterocycles. The molecule has 5 heteroatoms. The van der Waals surface area contributed by atoms with Crippen molar-refractivity contribution in [1.82, 2.24) is 4.57 Å². The van der Waals surface area contributed by atoms with Crippen LogP contribution in [0.25, 0.3) is 0 Å². The molecule has 0 atom stereocenters. The Morgan fingerprint density at radius 3 is 2.31 bits per heavy atom. The van der Waals surface area contributed by atoms with Crippen LogP contribution >= 0.6 is 0 Å². The first-order valence-electron chi connectivity index (χ1n) is 4.94. The van der Waals surface area contributed by atoms with Crippen LogP contribution in [0.15, 0.2) is 12.4 Å². The largest absolute Gasteiger partial charge is 0.326 e. The summed E-state index contributed by atoms with van der Waals surface area (Å²) in [5, 5.41) is 27.1. The molecule has 1 rings (SSSR count). The molecule has 5 nitrogen and oxygen atoms in total. The molecule has 80 valence electrons. The number of imidazole rings is 1. The molecule has 16 heavy (non-hydrogen) atoms. The zero-order valence-corrected chi connectivity index (χ0v) is 9.30. The van der Waals surface area contributed by atoms with Crippen molar-refractivity contribution in [2.75, 3.05) is 0 Å². The Balaban J connectivity index is 3.44. The summed E-state index contributed by atoms with van der Waals surface area (Å²) in [6.45, 7) is 2.68. The van der Waals surface area contributed by atoms with Crippen LogP contribution in [0.5, 0.6) is 0 Å². The fraction of sp³-hybridized carbons (Fsp3) is 0.455. The van der Waals surface area contributed by atoms with E-state index in [-0.39, 0.29) is 0 Å². The standard InChI is InChI=1S/C11H12N5/c1-3-4-16-6-5-15(2)10(16)11(7-12,8-13)9-14/h5-6H,3-4H2,1-2H3/q+1. The maximum atomic E-state index is 9.04. The highest BCUT2D eigenvalue weighted by atomic mass is 15.1. The van der Waals surface area contributed by atoms with Crippen LogP contribution in [0.1, 0.15) is 19.2 Å². The highest BCUT2D eigenvalue weighted by molar-refractivity contribution is 5.40. The van der Waals surface area contributed by atoms with Gasteiger partial charge in [-0.25, -0.2) is 9.13 Å². The van der Waals surface area contributed by atoms with Crippen molar-refractivity contribution in [3.63, 3.8) is 0 Å². The van der Waals surface area contributed by atoms with Crippen LogP contribution < -0.4 is 4.57 Å². The summed E-state index contributed by atoms with van der Waals surface area (Å²) in [6, 6.07) is 5.38. The number of hydrogen-bond acceptors (Lipinski definition) is 3. The van der Waals surface area contributed by atoms with Gasteiger partial charge in [0.15, 0.2) is 0 Å². The molecule has 0 saturated heterocycles. The lowest BCUT2D eigenvalue weighted by Gasteiger charge is -2.07. The quantitative estimate of drug-likeness (QED) is 0.688. The molecule has 0 aliphatic heterocycles. The Morgan fingerprint density at radius 2 is 1.88 bits per heavy atom. The molecular weight excluding hydrogens is 202 g/mol. The van der Waals surface area contributed by atoms with E-state index in [0.29, 0.717) is 12.4 Å². The van der Waals surface area contributed by atoms with Crippen LogP contribution in [-0.2, 0) is 19.0 Å². The second kappa shape index (κ2) is 4.47. The Labute approximate surface area is 94.4 Å². The topological polar surface area (TPSA) is 80.2 Å². The Kier molecular flexibility index (Phi) is 3.28. The van der Waals surface area contributed by atoms with Crippen LogP contribution in [-0.4, -0.2) is 4.57 Å². The average Bonchev–Trinajstić information content (AvgIpc) is 2.66. The third kappa shape index (κ3) is 1.62. The predicted octanol–water partition coefficient (Wildman–Crippen LogP) is 0.531. The van der Waals surface area contributed by atoms with Crippen molar-refractivity contribution in [2.45, 2.75) is 25.3 Å². The Bertz CT molecular complexity index is 470. The van der Waals surface area contributed by atoms with Crippen LogP contribution in [0.2, 0.25) is 0 Å². The summed E-state index contributed by atoms with van der Waals surface area (Å²) >= 11 is 0. The van der Waals surface area contributed by atoms with E-state index >= 15 is 0 Å². The van der Waals surface area contributed by atoms with Crippen LogP contribution in [0, 0.1) is 34.0 Å². The van der Waals surface area contributed by atoms with Crippen molar-refractivity contribution >= 4 is 0 Å². The summed E-state index contributed by atoms with van der Waals surface area (Å²) in [7, 11) is 1.72. The first-order valence-corrected chi connectivity index (χ1v) is 4.94. The lowest BCUT2D eigenvalue weighted by Crippen LogP contribution is -2.41. The fourth-order valence-corrected chi connectivity index (χ4v) is 1.65. The summed E-state index contributed by atoms with van der Waals surface area (Å²) in [5.74, 6) is 0.418. The maximum absolute atomic E-state index is 9.04. The van der Waals surface area contributed by atoms with Gasteiger partial charge in [0.1, 0.15) is 30.6 Å². The maximum Gasteiger partial charge on any atom is 0.326 e. The minimum Gasteiger partial charge on any atom is -0.234 e. The van der Waals surface area contributed by atoms with Gasteiger partial charge >= 0.3 is 11.2 Å². The number of nitrogens with zero attached hydrogens (tertiary/aromatic N) is 5. The van der Waals surface area contributed by atoms with Crippen molar-refractivity contribution in [3.8, 4) is 18.2 Å². The van der Waals surface area contributed by atoms with E-state index in [0.717, 1.165) is 6.42 Å². The Morgan fingerprint density at radius 1 is 1.31 bits per heavy atom. The van der Waals surface area contributed by atoms with Gasteiger partial charge in [-0.05, 0) is 6.42 Å². The molecule has 0 aliphatic carbocycles. The van der Waals surface area contributed by atoms with Crippen LogP contribution in [0.3, 0.4) is 0 Å². The van der Waals surface area contributed by atoms with E-state index in [4.69, 9.17) is 15.8 Å². The minimum absolute atomic E-state index is 0.418. The molecule has 0 aliphatic rings. The fourth-order valence-electron chi connectivity index (χ4n) is 1.65. The molecule has 1 heterocycles. The van der Waals surface area contributed by atoms with Crippen molar-refractivity contribution in [1.29, 1.82) is 15.8 Å². The van der Waals surface area contributed by atoms with Gasteiger partial charge in [-0.2, -0.15) is 15.8 Å². The smallest absolute Gasteiger partial charge is 0.234 e. The van der Waals surface area contributed by atoms with Crippen LogP contribution in [0.4, 0.5) is 0 Å². The average molecular weight is 214 g/mol. The third-order valence-corrected chi connectivity index (χ3v) is 2.38. The van der Waals surface area contributed by atoms with Gasteiger partial charge in [0.25, 0.3) is 0 Å². The number of rotatable bonds is 3. The van der Waals surface area contributed by atoms with E-state index < -0.39 is 5.41 Å². The number of hydrogen-bond donors (Lipinski definition) is 0. The Hall–Kier alpha value is -2.32. The molecule has 0 amide bonds. The molecule has 0 saturated carbocycles. The van der Waals surface area contributed by atoms with E-state index in [1.54, 1.807) is 46.8 Å². The highest BCUT2D eigenvalue weighted by Gasteiger charge is 2.44. The second-order valence-corrected chi connectivity index (χ2v) is 3.51. The van der Waals surface area contributed by atoms with Gasteiger partial charge in [-0.1, -0.05) is 6.92 Å². The minimum atomic E-state index is -1.73. The molecule has 0 unspecified atom stereocenters. The van der Waals surface area contributed by atoms with Gasteiger partial charge in [-0.15, -0.1) is 0 Å². The van der Waals surface area contributed by atoms with E-state index in [1.165, 1.54) is 0 Å². The predicted molar refractivity (Wildman–Crippen MR) is 54.4 cm³/mol. The number of nitriles is 3. The molecule has 0 N–H and O–H groups in total. The zero-order chi connectivity index (χ0) is 12.2. The van der Waals surface area contributed by atoms with Crippen molar-refractivity contribution in [3.05, 3.63) is 18.2 Å². The second-order valence-electron chi connectivity index (χ2n) is 3.51. The lowest BCUT2D eigenvalue weighted by molar-refractivity contribution is -0.680. The monoisotopic (exact) mass is 214 g/mol. The van der Waals surface area contributed by atoms with Gasteiger partial charge in [0, 0.05) is 0 Å². The highest BCUT2D eigenvalue weighted by Crippen LogP contribution is 2.19. The van der Waals surface area contributed by atoms with Crippen molar-refractivity contribution in [2.24, 2.45) is 7.05 Å². The summed E-state index contributed by atoms with van der Waals surface area (Å²) in [4.78, 5) is 0. The number of aryl methyl sites for hydroxylation is 2. The summed E-state index contributed by atoms with van der Waals surface area (Å²) in [6.07, 6.45) is 4.39. The number of aromatic nitrogens is 2. The van der Waals surface area contributed by atoms with Gasteiger partial charge in [0.2, 0.25) is 0 Å². The van der Waals surface area contributed by atoms with Crippen molar-refractivity contribution < 1.29 is 4.57 Å². The van der Waals surface area contributed by atoms with Gasteiger partial charge in [-0.3, -0.25) is 0 Å². The van der Waals surface area contributed by atoms with E-state index in [2.05, 4.69) is 0 Å². The van der Waals surface area contributed by atoms with E-state index in [1.807, 2.05) is 6.92 Å². The lowest BCUT2D eigenvalue weighted by atomic mass is 9.92. The zero-order valence-electron chi connectivity index (χ0n) is 9.30. The van der Waals surface area contributed by atoms with E-state index in [9.17, 15) is 0 Å². The SMILES string of the molecule is CCCn1cc[n+](C)c1C(C#N)(C#N)C#N. The van der Waals surface area contributed by atoms with Gasteiger partial charge < -0.3 is 0 Å². The molecule has 1 aromatic rings. The molecule has 0 bridgehead atoms. The third-order valence-electron chi connectivity index (χ3n) is 2.38.